The number of esters is 1. The maximum Gasteiger partial charge on any atom is 0.392 e. The highest BCUT2D eigenvalue weighted by Crippen LogP contribution is 2.32. The quantitative estimate of drug-likeness (QED) is 0.433. The average molecular weight is 371 g/mol. The van der Waals surface area contributed by atoms with Crippen molar-refractivity contribution in [1.29, 1.82) is 0 Å². The van der Waals surface area contributed by atoms with E-state index in [1.807, 2.05) is 0 Å². The second-order valence-electron chi connectivity index (χ2n) is 5.01. The first-order valence-corrected chi connectivity index (χ1v) is 8.43. The van der Waals surface area contributed by atoms with Crippen LogP contribution in [0.5, 0.6) is 0 Å². The molecule has 24 heavy (non-hydrogen) atoms. The lowest BCUT2D eigenvalue weighted by molar-refractivity contribution is -0.185. The molecule has 0 spiro atoms. The fraction of sp³-hybridized carbons (Fsp3) is 0.500. The Labute approximate surface area is 137 Å². The number of halogens is 4. The maximum atomic E-state index is 12.8. The van der Waals surface area contributed by atoms with Gasteiger partial charge in [-0.2, -0.15) is 13.2 Å². The van der Waals surface area contributed by atoms with Gasteiger partial charge in [0, 0.05) is 6.54 Å². The smallest absolute Gasteiger partial charge is 0.392 e. The third-order valence-electron chi connectivity index (χ3n) is 3.25. The lowest BCUT2D eigenvalue weighted by atomic mass is 9.99. The maximum absolute atomic E-state index is 12.8. The number of benzene rings is 1. The minimum absolute atomic E-state index is 0.123. The van der Waals surface area contributed by atoms with E-state index in [4.69, 9.17) is 0 Å². The summed E-state index contributed by atoms with van der Waals surface area (Å²) in [5.74, 6) is -3.49. The zero-order chi connectivity index (χ0) is 18.4. The van der Waals surface area contributed by atoms with Crippen LogP contribution in [0.3, 0.4) is 0 Å². The molecule has 5 nitrogen and oxygen atoms in total. The van der Waals surface area contributed by atoms with E-state index in [1.54, 1.807) is 0 Å². The topological polar surface area (TPSA) is 72.5 Å². The van der Waals surface area contributed by atoms with Gasteiger partial charge in [-0.05, 0) is 37.1 Å². The van der Waals surface area contributed by atoms with Crippen LogP contribution in [0, 0.1) is 11.7 Å². The van der Waals surface area contributed by atoms with Crippen LogP contribution in [-0.2, 0) is 19.6 Å². The van der Waals surface area contributed by atoms with E-state index >= 15 is 0 Å². The van der Waals surface area contributed by atoms with Crippen LogP contribution in [0.2, 0.25) is 0 Å². The van der Waals surface area contributed by atoms with E-state index in [1.165, 1.54) is 0 Å². The molecule has 1 N–H and O–H groups in total. The standard InChI is InChI=1S/C14H17F4NO4S/c1-23-13(20)9-10(14(16,17)18)3-2-8-19-24(21,22)12-6-4-11(15)5-7-12/h4-7,10,19H,2-3,8-9H2,1H3. The molecule has 0 saturated carbocycles. The van der Waals surface area contributed by atoms with Crippen LogP contribution in [-0.4, -0.2) is 34.2 Å². The Balaban J connectivity index is 2.56. The van der Waals surface area contributed by atoms with E-state index in [9.17, 15) is 30.8 Å². The zero-order valence-corrected chi connectivity index (χ0v) is 13.6. The first-order chi connectivity index (χ1) is 11.1. The summed E-state index contributed by atoms with van der Waals surface area (Å²) in [6.45, 7) is -0.243. The van der Waals surface area contributed by atoms with Crippen molar-refractivity contribution in [1.82, 2.24) is 4.72 Å². The fourth-order valence-electron chi connectivity index (χ4n) is 1.92. The van der Waals surface area contributed by atoms with Crippen molar-refractivity contribution >= 4 is 16.0 Å². The monoisotopic (exact) mass is 371 g/mol. The van der Waals surface area contributed by atoms with Crippen LogP contribution >= 0.6 is 0 Å². The molecule has 0 aliphatic carbocycles. The number of rotatable bonds is 8. The number of alkyl halides is 3. The molecule has 1 unspecified atom stereocenters. The summed E-state index contributed by atoms with van der Waals surface area (Å²) in [6, 6.07) is 4.02. The molecule has 136 valence electrons. The van der Waals surface area contributed by atoms with E-state index in [0.717, 1.165) is 31.4 Å². The van der Waals surface area contributed by atoms with Gasteiger partial charge in [0.05, 0.1) is 24.3 Å². The Hall–Kier alpha value is -1.68. The van der Waals surface area contributed by atoms with Gasteiger partial charge < -0.3 is 4.74 Å². The number of sulfonamides is 1. The molecule has 1 rings (SSSR count). The molecule has 10 heteroatoms. The van der Waals surface area contributed by atoms with Gasteiger partial charge >= 0.3 is 12.1 Å². The van der Waals surface area contributed by atoms with Crippen LogP contribution in [0.25, 0.3) is 0 Å². The Morgan fingerprint density at radius 3 is 2.33 bits per heavy atom. The van der Waals surface area contributed by atoms with E-state index in [0.29, 0.717) is 0 Å². The van der Waals surface area contributed by atoms with Crippen LogP contribution in [0.15, 0.2) is 29.2 Å². The molecule has 0 saturated heterocycles. The molecule has 0 bridgehead atoms. The number of nitrogens with one attached hydrogen (secondary N) is 1. The number of ether oxygens (including phenoxy) is 1. The summed E-state index contributed by atoms with van der Waals surface area (Å²) in [6.07, 6.45) is -5.94. The molecular formula is C14H17F4NO4S. The van der Waals surface area contributed by atoms with Crippen LogP contribution in [0.4, 0.5) is 17.6 Å². The second-order valence-corrected chi connectivity index (χ2v) is 6.78. The minimum Gasteiger partial charge on any atom is -0.469 e. The third kappa shape index (κ3) is 6.44. The predicted molar refractivity (Wildman–Crippen MR) is 77.0 cm³/mol. The van der Waals surface area contributed by atoms with Crippen molar-refractivity contribution in [2.45, 2.75) is 30.3 Å². The molecule has 0 aromatic heterocycles. The first-order valence-electron chi connectivity index (χ1n) is 6.95. The number of hydrogen-bond acceptors (Lipinski definition) is 4. The van der Waals surface area contributed by atoms with Gasteiger partial charge in [0.25, 0.3) is 0 Å². The lowest BCUT2D eigenvalue weighted by Crippen LogP contribution is -2.29. The van der Waals surface area contributed by atoms with Gasteiger partial charge in [-0.25, -0.2) is 17.5 Å². The Kier molecular flexibility index (Phi) is 7.15. The normalized spacial score (nSPS) is 13.5. The van der Waals surface area contributed by atoms with Crippen LogP contribution < -0.4 is 4.72 Å². The zero-order valence-electron chi connectivity index (χ0n) is 12.8. The number of carbonyl (C=O) groups is 1. The highest BCUT2D eigenvalue weighted by Gasteiger charge is 2.40. The second kappa shape index (κ2) is 8.43. The van der Waals surface area contributed by atoms with Gasteiger partial charge in [0.2, 0.25) is 10.0 Å². The minimum atomic E-state index is -4.58. The van der Waals surface area contributed by atoms with Crippen molar-refractivity contribution in [3.05, 3.63) is 30.1 Å². The largest absolute Gasteiger partial charge is 0.469 e. The van der Waals surface area contributed by atoms with E-state index < -0.39 is 46.7 Å². The summed E-state index contributed by atoms with van der Waals surface area (Å²) < 4.78 is 81.3. The molecule has 1 aromatic rings. The molecular weight excluding hydrogens is 354 g/mol. The molecule has 0 aliphatic rings. The summed E-state index contributed by atoms with van der Waals surface area (Å²) in [5.41, 5.74) is 0. The number of methoxy groups -OCH3 is 1. The highest BCUT2D eigenvalue weighted by atomic mass is 32.2. The van der Waals surface area contributed by atoms with Crippen molar-refractivity contribution in [2.75, 3.05) is 13.7 Å². The van der Waals surface area contributed by atoms with E-state index in [-0.39, 0.29) is 17.9 Å². The molecule has 1 atom stereocenters. The predicted octanol–water partition coefficient (Wildman–Crippen LogP) is 2.63. The van der Waals surface area contributed by atoms with Gasteiger partial charge in [-0.3, -0.25) is 4.79 Å². The van der Waals surface area contributed by atoms with Crippen LogP contribution in [0.1, 0.15) is 19.3 Å². The molecule has 0 heterocycles. The third-order valence-corrected chi connectivity index (χ3v) is 4.73. The van der Waals surface area contributed by atoms with Crippen molar-refractivity contribution in [3.63, 3.8) is 0 Å². The summed E-state index contributed by atoms with van der Waals surface area (Å²) in [5, 5.41) is 0. The molecule has 0 aliphatic heterocycles. The van der Waals surface area contributed by atoms with Crippen molar-refractivity contribution in [3.8, 4) is 0 Å². The Bertz CT molecular complexity index is 644. The van der Waals surface area contributed by atoms with Crippen molar-refractivity contribution in [2.24, 2.45) is 5.92 Å². The van der Waals surface area contributed by atoms with E-state index in [2.05, 4.69) is 9.46 Å². The first kappa shape index (κ1) is 20.4. The number of hydrogen-bond donors (Lipinski definition) is 1. The molecule has 1 aromatic carbocycles. The Morgan fingerprint density at radius 2 is 1.83 bits per heavy atom. The summed E-state index contributed by atoms with van der Waals surface area (Å²) in [7, 11) is -2.94. The SMILES string of the molecule is COC(=O)CC(CCCNS(=O)(=O)c1ccc(F)cc1)C(F)(F)F. The number of carbonyl (C=O) groups excluding carboxylic acids is 1. The highest BCUT2D eigenvalue weighted by molar-refractivity contribution is 7.89. The summed E-state index contributed by atoms with van der Waals surface area (Å²) in [4.78, 5) is 10.8. The fourth-order valence-corrected chi connectivity index (χ4v) is 2.99. The van der Waals surface area contributed by atoms with Gasteiger partial charge in [0.15, 0.2) is 0 Å². The molecule has 0 radical (unpaired) electrons. The van der Waals surface area contributed by atoms with Crippen molar-refractivity contribution < 1.29 is 35.5 Å². The van der Waals surface area contributed by atoms with Gasteiger partial charge in [-0.1, -0.05) is 0 Å². The van der Waals surface area contributed by atoms with Gasteiger partial charge in [-0.15, -0.1) is 0 Å². The summed E-state index contributed by atoms with van der Waals surface area (Å²) >= 11 is 0. The Morgan fingerprint density at radius 1 is 1.25 bits per heavy atom. The lowest BCUT2D eigenvalue weighted by Gasteiger charge is -2.19. The molecule has 0 amide bonds. The average Bonchev–Trinajstić information content (AvgIpc) is 2.49. The van der Waals surface area contributed by atoms with Gasteiger partial charge in [0.1, 0.15) is 5.82 Å². The molecule has 0 fully saturated rings.